The molecule has 1 rings (SSSR count). The number of rotatable bonds is 10. The van der Waals surface area contributed by atoms with E-state index in [0.29, 0.717) is 11.5 Å². The van der Waals surface area contributed by atoms with Crippen LogP contribution in [0.15, 0.2) is 0 Å². The van der Waals surface area contributed by atoms with Crippen molar-refractivity contribution in [2.45, 2.75) is 104 Å². The number of unbranched alkanes of at least 4 members (excludes halogenated alkanes) is 3. The van der Waals surface area contributed by atoms with Gasteiger partial charge in [0.2, 0.25) is 0 Å². The Morgan fingerprint density at radius 2 is 1.62 bits per heavy atom. The molecule has 126 valence electrons. The number of likely N-dealkylation sites (N-methyl/N-ethyl adjacent to an activating group) is 1. The molecule has 0 aromatic carbocycles. The van der Waals surface area contributed by atoms with Gasteiger partial charge in [-0.15, -0.1) is 0 Å². The summed E-state index contributed by atoms with van der Waals surface area (Å²) in [6.07, 6.45) is 11.7. The van der Waals surface area contributed by atoms with Gasteiger partial charge in [-0.3, -0.25) is 0 Å². The Morgan fingerprint density at radius 1 is 0.952 bits per heavy atom. The van der Waals surface area contributed by atoms with Crippen molar-refractivity contribution in [3.8, 4) is 0 Å². The molecule has 1 fully saturated rings. The molecule has 2 nitrogen and oxygen atoms in total. The molecule has 1 N–H and O–H groups in total. The highest BCUT2D eigenvalue weighted by Gasteiger charge is 2.44. The Balaban J connectivity index is 2.68. The van der Waals surface area contributed by atoms with E-state index in [0.717, 1.165) is 13.2 Å². The second-order valence-corrected chi connectivity index (χ2v) is 7.62. The number of hydrogen-bond donors (Lipinski definition) is 1. The lowest BCUT2D eigenvalue weighted by Crippen LogP contribution is -2.55. The van der Waals surface area contributed by atoms with Crippen LogP contribution < -0.4 is 5.32 Å². The third-order valence-electron chi connectivity index (χ3n) is 5.31. The van der Waals surface area contributed by atoms with E-state index < -0.39 is 0 Å². The third kappa shape index (κ3) is 5.90. The van der Waals surface area contributed by atoms with Crippen LogP contribution in [0.1, 0.15) is 92.4 Å². The maximum atomic E-state index is 6.37. The third-order valence-corrected chi connectivity index (χ3v) is 5.31. The first kappa shape index (κ1) is 19.0. The smallest absolute Gasteiger partial charge is 0.0834 e. The summed E-state index contributed by atoms with van der Waals surface area (Å²) in [5.74, 6) is 0. The van der Waals surface area contributed by atoms with Crippen LogP contribution in [0.5, 0.6) is 0 Å². The van der Waals surface area contributed by atoms with E-state index in [1.54, 1.807) is 0 Å². The summed E-state index contributed by atoms with van der Waals surface area (Å²) in [4.78, 5) is 0. The van der Waals surface area contributed by atoms with Gasteiger partial charge in [0.15, 0.2) is 0 Å². The van der Waals surface area contributed by atoms with Crippen LogP contribution in [0.3, 0.4) is 0 Å². The molecule has 0 saturated heterocycles. The molecular weight excluding hydrogens is 258 g/mol. The van der Waals surface area contributed by atoms with Gasteiger partial charge in [0, 0.05) is 12.6 Å². The molecule has 0 radical (unpaired) electrons. The first-order chi connectivity index (χ1) is 9.99. The van der Waals surface area contributed by atoms with Gasteiger partial charge in [-0.2, -0.15) is 0 Å². The highest BCUT2D eigenvalue weighted by Crippen LogP contribution is 2.44. The molecular formula is C19H39NO. The molecule has 1 atom stereocenters. The van der Waals surface area contributed by atoms with E-state index in [-0.39, 0.29) is 5.60 Å². The molecule has 0 aromatic heterocycles. The zero-order chi connectivity index (χ0) is 15.8. The topological polar surface area (TPSA) is 21.3 Å². The molecule has 1 aliphatic rings. The molecule has 1 unspecified atom stereocenters. The van der Waals surface area contributed by atoms with E-state index in [4.69, 9.17) is 4.74 Å². The summed E-state index contributed by atoms with van der Waals surface area (Å²) in [5, 5.41) is 3.76. The number of nitrogens with one attached hydrogen (secondary N) is 1. The van der Waals surface area contributed by atoms with E-state index in [9.17, 15) is 0 Å². The quantitative estimate of drug-likeness (QED) is 0.552. The summed E-state index contributed by atoms with van der Waals surface area (Å²) in [7, 11) is 0. The molecule has 0 aromatic rings. The molecule has 21 heavy (non-hydrogen) atoms. The molecule has 0 heterocycles. The van der Waals surface area contributed by atoms with Crippen LogP contribution in [-0.4, -0.2) is 24.8 Å². The summed E-state index contributed by atoms with van der Waals surface area (Å²) < 4.78 is 6.37. The number of hydrogen-bond acceptors (Lipinski definition) is 2. The van der Waals surface area contributed by atoms with Gasteiger partial charge in [-0.05, 0) is 51.0 Å². The summed E-state index contributed by atoms with van der Waals surface area (Å²) in [5.41, 5.74) is 0.589. The Bertz CT molecular complexity index is 265. The van der Waals surface area contributed by atoms with Crippen LogP contribution >= 0.6 is 0 Å². The fraction of sp³-hybridized carbons (Fsp3) is 1.00. The lowest BCUT2D eigenvalue weighted by Gasteiger charge is -2.48. The van der Waals surface area contributed by atoms with Gasteiger partial charge in [0.05, 0.1) is 5.60 Å². The minimum atomic E-state index is 0.0898. The highest BCUT2D eigenvalue weighted by atomic mass is 16.5. The molecule has 1 saturated carbocycles. The lowest BCUT2D eigenvalue weighted by molar-refractivity contribution is -0.108. The first-order valence-corrected chi connectivity index (χ1v) is 9.37. The van der Waals surface area contributed by atoms with Gasteiger partial charge in [-0.1, -0.05) is 53.4 Å². The number of ether oxygens (including phenoxy) is 1. The first-order valence-electron chi connectivity index (χ1n) is 9.37. The minimum absolute atomic E-state index is 0.0898. The van der Waals surface area contributed by atoms with Gasteiger partial charge in [0.25, 0.3) is 0 Å². The Morgan fingerprint density at radius 3 is 2.14 bits per heavy atom. The standard InChI is InChI=1S/C19H39NO/c1-6-9-10-11-12-17(20-7-2)19(21-8-3)15-13-18(4,5)14-16-19/h17,20H,6-16H2,1-5H3. The van der Waals surface area contributed by atoms with Crippen LogP contribution in [0.4, 0.5) is 0 Å². The van der Waals surface area contributed by atoms with Crippen LogP contribution in [-0.2, 0) is 4.74 Å². The van der Waals surface area contributed by atoms with Crippen LogP contribution in [0.25, 0.3) is 0 Å². The lowest BCUT2D eigenvalue weighted by atomic mass is 9.67. The summed E-state index contributed by atoms with van der Waals surface area (Å²) in [6.45, 7) is 13.4. The zero-order valence-corrected chi connectivity index (χ0v) is 15.3. The van der Waals surface area contributed by atoms with E-state index >= 15 is 0 Å². The largest absolute Gasteiger partial charge is 0.374 e. The van der Waals surface area contributed by atoms with Crippen molar-refractivity contribution < 1.29 is 4.74 Å². The normalized spacial score (nSPS) is 22.1. The maximum absolute atomic E-state index is 6.37. The van der Waals surface area contributed by atoms with Crippen molar-refractivity contribution in [3.05, 3.63) is 0 Å². The molecule has 2 heteroatoms. The minimum Gasteiger partial charge on any atom is -0.374 e. The predicted octanol–water partition coefficient (Wildman–Crippen LogP) is 5.31. The summed E-state index contributed by atoms with van der Waals surface area (Å²) >= 11 is 0. The van der Waals surface area contributed by atoms with E-state index in [1.807, 2.05) is 0 Å². The van der Waals surface area contributed by atoms with Crippen molar-refractivity contribution in [2.75, 3.05) is 13.2 Å². The van der Waals surface area contributed by atoms with Crippen molar-refractivity contribution in [3.63, 3.8) is 0 Å². The average molecular weight is 298 g/mol. The van der Waals surface area contributed by atoms with Gasteiger partial charge < -0.3 is 10.1 Å². The molecule has 0 spiro atoms. The average Bonchev–Trinajstić information content (AvgIpc) is 2.45. The second kappa shape index (κ2) is 9.15. The SMILES string of the molecule is CCCCCCC(NCC)C1(OCC)CCC(C)(C)CC1. The Kier molecular flexibility index (Phi) is 8.26. The molecule has 1 aliphatic carbocycles. The Labute approximate surface area is 133 Å². The van der Waals surface area contributed by atoms with E-state index in [2.05, 4.69) is 39.9 Å². The molecule has 0 bridgehead atoms. The van der Waals surface area contributed by atoms with Crippen molar-refractivity contribution in [1.29, 1.82) is 0 Å². The Hall–Kier alpha value is -0.0800. The summed E-state index contributed by atoms with van der Waals surface area (Å²) in [6, 6.07) is 0.537. The van der Waals surface area contributed by atoms with Crippen LogP contribution in [0.2, 0.25) is 0 Å². The van der Waals surface area contributed by atoms with Crippen LogP contribution in [0, 0.1) is 5.41 Å². The monoisotopic (exact) mass is 297 g/mol. The maximum Gasteiger partial charge on any atom is 0.0834 e. The molecule has 0 aliphatic heterocycles. The van der Waals surface area contributed by atoms with Gasteiger partial charge in [0.1, 0.15) is 0 Å². The fourth-order valence-electron chi connectivity index (χ4n) is 3.80. The molecule has 0 amide bonds. The highest BCUT2D eigenvalue weighted by molar-refractivity contribution is 4.98. The fourth-order valence-corrected chi connectivity index (χ4v) is 3.80. The van der Waals surface area contributed by atoms with E-state index in [1.165, 1.54) is 57.8 Å². The van der Waals surface area contributed by atoms with Crippen molar-refractivity contribution in [1.82, 2.24) is 5.32 Å². The predicted molar refractivity (Wildman–Crippen MR) is 92.8 cm³/mol. The van der Waals surface area contributed by atoms with Gasteiger partial charge >= 0.3 is 0 Å². The van der Waals surface area contributed by atoms with Crippen molar-refractivity contribution >= 4 is 0 Å². The van der Waals surface area contributed by atoms with Crippen molar-refractivity contribution in [2.24, 2.45) is 5.41 Å². The van der Waals surface area contributed by atoms with Gasteiger partial charge in [-0.25, -0.2) is 0 Å². The second-order valence-electron chi connectivity index (χ2n) is 7.62. The zero-order valence-electron chi connectivity index (χ0n) is 15.3.